The molecule has 0 aliphatic carbocycles. The van der Waals surface area contributed by atoms with Gasteiger partial charge in [0, 0.05) is 57.9 Å². The minimum Gasteiger partial charge on any atom is -0.454 e. The number of oxazole rings is 1. The maximum atomic E-state index is 13.7. The Hall–Kier alpha value is -4.03. The minimum atomic E-state index is -0.476. The highest BCUT2D eigenvalue weighted by Crippen LogP contribution is 2.36. The third kappa shape index (κ3) is 5.70. The zero-order valence-electron chi connectivity index (χ0n) is 20.3. The highest BCUT2D eigenvalue weighted by Gasteiger charge is 2.19. The van der Waals surface area contributed by atoms with Gasteiger partial charge in [-0.2, -0.15) is 0 Å². The van der Waals surface area contributed by atoms with Gasteiger partial charge in [-0.3, -0.25) is 9.78 Å². The molecule has 0 saturated heterocycles. The second-order valence-corrected chi connectivity index (χ2v) is 8.36. The summed E-state index contributed by atoms with van der Waals surface area (Å²) in [7, 11) is 1.67. The predicted molar refractivity (Wildman–Crippen MR) is 130 cm³/mol. The van der Waals surface area contributed by atoms with Crippen molar-refractivity contribution in [3.05, 3.63) is 65.6 Å². The number of ether oxygens (including phenoxy) is 3. The number of imidazole rings is 1. The van der Waals surface area contributed by atoms with E-state index in [4.69, 9.17) is 23.6 Å². The van der Waals surface area contributed by atoms with Gasteiger partial charge in [-0.25, -0.2) is 14.4 Å². The molecule has 3 aromatic heterocycles. The minimum absolute atomic E-state index is 0.0346. The summed E-state index contributed by atoms with van der Waals surface area (Å²) in [5.41, 5.74) is 2.13. The Bertz CT molecular complexity index is 1390. The smallest absolute Gasteiger partial charge is 0.273 e. The Kier molecular flexibility index (Phi) is 7.57. The number of amides is 1. The third-order valence-electron chi connectivity index (χ3n) is 5.92. The fourth-order valence-corrected chi connectivity index (χ4v) is 4.04. The van der Waals surface area contributed by atoms with Gasteiger partial charge in [0.15, 0.2) is 23.1 Å². The number of nitrogens with one attached hydrogen (secondary N) is 2. The molecule has 0 unspecified atom stereocenters. The van der Waals surface area contributed by atoms with Crippen molar-refractivity contribution in [2.75, 3.05) is 33.6 Å². The molecular weight excluding hydrogens is 483 g/mol. The number of hydrogen-bond donors (Lipinski definition) is 2. The number of fused-ring (bicyclic) bond motifs is 2. The molecule has 0 fully saturated rings. The maximum absolute atomic E-state index is 13.7. The molecule has 1 amide bonds. The number of hydrogen-bond acceptors (Lipinski definition) is 9. The first-order valence-electron chi connectivity index (χ1n) is 11.9. The molecule has 1 aliphatic rings. The zero-order chi connectivity index (χ0) is 25.6. The Morgan fingerprint density at radius 3 is 2.86 bits per heavy atom. The Morgan fingerprint density at radius 1 is 1.19 bits per heavy atom. The summed E-state index contributed by atoms with van der Waals surface area (Å²) < 4.78 is 37.5. The van der Waals surface area contributed by atoms with E-state index in [-0.39, 0.29) is 24.7 Å². The van der Waals surface area contributed by atoms with Gasteiger partial charge in [0.1, 0.15) is 17.9 Å². The van der Waals surface area contributed by atoms with Gasteiger partial charge < -0.3 is 33.8 Å². The van der Waals surface area contributed by atoms with Crippen LogP contribution in [0.1, 0.15) is 27.9 Å². The van der Waals surface area contributed by atoms with Crippen molar-refractivity contribution in [3.63, 3.8) is 0 Å². The zero-order valence-corrected chi connectivity index (χ0v) is 20.3. The summed E-state index contributed by atoms with van der Waals surface area (Å²) >= 11 is 0. The number of pyridine rings is 1. The quantitative estimate of drug-likeness (QED) is 0.276. The molecule has 11 nitrogen and oxygen atoms in total. The Balaban J connectivity index is 1.11. The first-order valence-corrected chi connectivity index (χ1v) is 11.9. The molecule has 0 radical (unpaired) electrons. The molecule has 0 atom stereocenters. The lowest BCUT2D eigenvalue weighted by Gasteiger charge is -2.09. The molecule has 12 heteroatoms. The maximum Gasteiger partial charge on any atom is 0.273 e. The summed E-state index contributed by atoms with van der Waals surface area (Å²) in [6.45, 7) is 2.72. The monoisotopic (exact) mass is 510 g/mol. The molecule has 4 aromatic rings. The van der Waals surface area contributed by atoms with Crippen molar-refractivity contribution >= 4 is 16.9 Å². The van der Waals surface area contributed by atoms with Gasteiger partial charge in [0.2, 0.25) is 6.79 Å². The van der Waals surface area contributed by atoms with Crippen LogP contribution in [0, 0.1) is 5.82 Å². The molecule has 194 valence electrons. The van der Waals surface area contributed by atoms with Crippen LogP contribution in [0.3, 0.4) is 0 Å². The number of methoxy groups -OCH3 is 1. The standard InChI is InChI=1S/C25H27FN6O5/c1-34-10-9-32-20-12-22-21(36-15-37-22)11-17(20)30-23(32)4-7-27-8-5-24-31-19(14-35-24)25(33)29-13-18-16(26)3-2-6-28-18/h2-3,6,11-12,14,27H,4-5,7-10,13,15H2,1H3,(H,29,33). The van der Waals surface area contributed by atoms with Crippen LogP contribution in [-0.2, 0) is 30.7 Å². The van der Waals surface area contributed by atoms with Crippen LogP contribution in [0.25, 0.3) is 11.0 Å². The Morgan fingerprint density at radius 2 is 2.03 bits per heavy atom. The van der Waals surface area contributed by atoms with Crippen molar-refractivity contribution in [1.29, 1.82) is 0 Å². The van der Waals surface area contributed by atoms with Gasteiger partial charge in [-0.05, 0) is 12.1 Å². The second-order valence-electron chi connectivity index (χ2n) is 8.36. The topological polar surface area (TPSA) is 126 Å². The molecular formula is C25H27FN6O5. The van der Waals surface area contributed by atoms with Crippen LogP contribution in [0.5, 0.6) is 11.5 Å². The van der Waals surface area contributed by atoms with Crippen LogP contribution in [0.4, 0.5) is 4.39 Å². The van der Waals surface area contributed by atoms with E-state index < -0.39 is 11.7 Å². The van der Waals surface area contributed by atoms with Crippen LogP contribution in [0.15, 0.2) is 41.1 Å². The van der Waals surface area contributed by atoms with E-state index >= 15 is 0 Å². The molecule has 0 spiro atoms. The lowest BCUT2D eigenvalue weighted by molar-refractivity contribution is 0.0945. The van der Waals surface area contributed by atoms with E-state index in [0.29, 0.717) is 50.7 Å². The summed E-state index contributed by atoms with van der Waals surface area (Å²) in [5.74, 6) is 1.86. The number of benzene rings is 1. The van der Waals surface area contributed by atoms with Gasteiger partial charge in [-0.1, -0.05) is 0 Å². The average molecular weight is 511 g/mol. The van der Waals surface area contributed by atoms with E-state index in [0.717, 1.165) is 22.6 Å². The van der Waals surface area contributed by atoms with Gasteiger partial charge >= 0.3 is 0 Å². The fraction of sp³-hybridized carbons (Fsp3) is 0.360. The molecule has 0 saturated carbocycles. The van der Waals surface area contributed by atoms with Crippen LogP contribution in [0.2, 0.25) is 0 Å². The number of carbonyl (C=O) groups excluding carboxylic acids is 1. The predicted octanol–water partition coefficient (Wildman–Crippen LogP) is 2.24. The summed E-state index contributed by atoms with van der Waals surface area (Å²) in [6, 6.07) is 6.65. The number of halogens is 1. The summed E-state index contributed by atoms with van der Waals surface area (Å²) in [5, 5.41) is 5.96. The number of rotatable bonds is 12. The first kappa shape index (κ1) is 24.7. The summed E-state index contributed by atoms with van der Waals surface area (Å²) in [6.07, 6.45) is 3.97. The van der Waals surface area contributed by atoms with E-state index in [1.807, 2.05) is 12.1 Å². The highest BCUT2D eigenvalue weighted by molar-refractivity contribution is 5.91. The van der Waals surface area contributed by atoms with Gasteiger partial charge in [-0.15, -0.1) is 0 Å². The average Bonchev–Trinajstić information content (AvgIpc) is 3.64. The molecule has 0 bridgehead atoms. The number of carbonyl (C=O) groups is 1. The van der Waals surface area contributed by atoms with Gasteiger partial charge in [0.05, 0.1) is 29.9 Å². The van der Waals surface area contributed by atoms with Crippen molar-refractivity contribution in [2.45, 2.75) is 25.9 Å². The van der Waals surface area contributed by atoms with Crippen molar-refractivity contribution in [1.82, 2.24) is 30.2 Å². The number of nitrogens with zero attached hydrogens (tertiary/aromatic N) is 4. The second kappa shape index (κ2) is 11.4. The van der Waals surface area contributed by atoms with Crippen LogP contribution >= 0.6 is 0 Å². The van der Waals surface area contributed by atoms with Crippen LogP contribution in [-0.4, -0.2) is 59.0 Å². The Labute approximate surface area is 212 Å². The lowest BCUT2D eigenvalue weighted by atomic mass is 10.2. The van der Waals surface area contributed by atoms with Crippen molar-refractivity contribution in [3.8, 4) is 11.5 Å². The van der Waals surface area contributed by atoms with E-state index in [1.165, 1.54) is 24.6 Å². The fourth-order valence-electron chi connectivity index (χ4n) is 4.04. The lowest BCUT2D eigenvalue weighted by Crippen LogP contribution is -2.24. The normalized spacial score (nSPS) is 12.4. The highest BCUT2D eigenvalue weighted by atomic mass is 19.1. The first-order chi connectivity index (χ1) is 18.1. The molecule has 5 rings (SSSR count). The van der Waals surface area contributed by atoms with E-state index in [2.05, 4.69) is 25.2 Å². The van der Waals surface area contributed by atoms with Crippen molar-refractivity contribution < 1.29 is 27.8 Å². The molecule has 37 heavy (non-hydrogen) atoms. The van der Waals surface area contributed by atoms with Gasteiger partial charge in [0.25, 0.3) is 5.91 Å². The van der Waals surface area contributed by atoms with E-state index in [1.54, 1.807) is 7.11 Å². The molecule has 1 aliphatic heterocycles. The van der Waals surface area contributed by atoms with E-state index in [9.17, 15) is 9.18 Å². The molecule has 1 aromatic carbocycles. The van der Waals surface area contributed by atoms with Crippen LogP contribution < -0.4 is 20.1 Å². The number of aromatic nitrogens is 4. The van der Waals surface area contributed by atoms with Crippen molar-refractivity contribution in [2.24, 2.45) is 0 Å². The largest absolute Gasteiger partial charge is 0.454 e. The molecule has 2 N–H and O–H groups in total. The molecule has 4 heterocycles. The SMILES string of the molecule is COCCn1c(CCNCCc2nc(C(=O)NCc3ncccc3F)co2)nc2cc3c(cc21)OCO3. The summed E-state index contributed by atoms with van der Waals surface area (Å²) in [4.78, 5) is 25.2. The third-order valence-corrected chi connectivity index (χ3v) is 5.92.